The number of fused-ring (bicyclic) bond motifs is 2. The molecule has 6 rings (SSSR count). The highest BCUT2D eigenvalue weighted by Gasteiger charge is 2.38. The Kier molecular flexibility index (Phi) is 6.79. The van der Waals surface area contributed by atoms with Gasteiger partial charge in [-0.25, -0.2) is 15.0 Å². The van der Waals surface area contributed by atoms with Crippen LogP contribution in [0.15, 0.2) is 54.6 Å². The van der Waals surface area contributed by atoms with Crippen molar-refractivity contribution in [1.82, 2.24) is 24.7 Å². The Hall–Kier alpha value is -3.81. The molecule has 4 heterocycles. The quantitative estimate of drug-likeness (QED) is 0.277. The number of alkyl halides is 3. The molecule has 2 N–H and O–H groups in total. The molecule has 0 amide bonds. The Bertz CT molecular complexity index is 1620. The van der Waals surface area contributed by atoms with E-state index < -0.39 is 18.8 Å². The fourth-order valence-corrected chi connectivity index (χ4v) is 5.16. The zero-order chi connectivity index (χ0) is 27.0. The van der Waals surface area contributed by atoms with Crippen molar-refractivity contribution in [2.24, 2.45) is 0 Å². The topological polar surface area (TPSA) is 107 Å². The molecule has 3 aromatic heterocycles. The average Bonchev–Trinajstić information content (AvgIpc) is 3.58. The number of thiazole rings is 1. The van der Waals surface area contributed by atoms with Gasteiger partial charge in [0.1, 0.15) is 24.0 Å². The van der Waals surface area contributed by atoms with Gasteiger partial charge in [-0.3, -0.25) is 4.68 Å². The molecule has 5 aromatic rings. The first-order valence-corrected chi connectivity index (χ1v) is 13.1. The predicted molar refractivity (Wildman–Crippen MR) is 140 cm³/mol. The highest BCUT2D eigenvalue weighted by atomic mass is 32.1. The van der Waals surface area contributed by atoms with Crippen LogP contribution in [0.3, 0.4) is 0 Å². The molecule has 0 radical (unpaired) electrons. The number of aliphatic hydroxyl groups excluding tert-OH is 1. The SMILES string of the molecule is OC(Cn1cc(-c2cc(OC3CCOCC3)c3c(Nc4ccc5ncsc5c4)ncnc3c2)cn1)C(F)(F)F. The predicted octanol–water partition coefficient (Wildman–Crippen LogP) is 5.33. The van der Waals surface area contributed by atoms with Crippen molar-refractivity contribution in [3.8, 4) is 16.9 Å². The summed E-state index contributed by atoms with van der Waals surface area (Å²) in [5.74, 6) is 1.10. The lowest BCUT2D eigenvalue weighted by Gasteiger charge is -2.24. The van der Waals surface area contributed by atoms with Crippen molar-refractivity contribution >= 4 is 44.0 Å². The third-order valence-corrected chi connectivity index (χ3v) is 7.25. The molecule has 1 aliphatic heterocycles. The minimum absolute atomic E-state index is 0.0801. The van der Waals surface area contributed by atoms with Gasteiger partial charge in [-0.15, -0.1) is 11.3 Å². The molecule has 1 atom stereocenters. The third kappa shape index (κ3) is 5.51. The molecule has 13 heteroatoms. The first-order chi connectivity index (χ1) is 18.8. The van der Waals surface area contributed by atoms with Crippen molar-refractivity contribution in [1.29, 1.82) is 0 Å². The second kappa shape index (κ2) is 10.4. The van der Waals surface area contributed by atoms with E-state index >= 15 is 0 Å². The summed E-state index contributed by atoms with van der Waals surface area (Å²) in [4.78, 5) is 13.3. The Labute approximate surface area is 224 Å². The summed E-state index contributed by atoms with van der Waals surface area (Å²) in [7, 11) is 0. The lowest BCUT2D eigenvalue weighted by Crippen LogP contribution is -2.32. The van der Waals surface area contributed by atoms with Crippen LogP contribution in [0.2, 0.25) is 0 Å². The molecule has 0 saturated carbocycles. The molecule has 1 fully saturated rings. The Morgan fingerprint density at radius 3 is 2.77 bits per heavy atom. The summed E-state index contributed by atoms with van der Waals surface area (Å²) in [6.45, 7) is 0.475. The number of ether oxygens (including phenoxy) is 2. The summed E-state index contributed by atoms with van der Waals surface area (Å²) in [5, 5.41) is 17.5. The number of halogens is 3. The second-order valence-corrected chi connectivity index (χ2v) is 10.1. The molecule has 1 unspecified atom stereocenters. The van der Waals surface area contributed by atoms with Gasteiger partial charge in [0, 0.05) is 30.3 Å². The van der Waals surface area contributed by atoms with Crippen LogP contribution in [0, 0.1) is 0 Å². The number of anilines is 2. The van der Waals surface area contributed by atoms with Crippen LogP contribution in [0.25, 0.3) is 32.2 Å². The van der Waals surface area contributed by atoms with Crippen LogP contribution in [-0.2, 0) is 11.3 Å². The molecule has 202 valence electrons. The standard InChI is InChI=1S/C26H23F3N6O3S/c27-26(28,29)23(36)12-35-11-16(10-33-35)15-7-20-24(21(8-15)38-18-3-5-37-6-4-18)25(31-13-30-20)34-17-1-2-19-22(9-17)39-14-32-19/h1-2,7-11,13-14,18,23,36H,3-6,12H2,(H,30,31,34). The zero-order valence-electron chi connectivity index (χ0n) is 20.4. The lowest BCUT2D eigenvalue weighted by molar-refractivity contribution is -0.208. The van der Waals surface area contributed by atoms with E-state index in [1.54, 1.807) is 16.8 Å². The van der Waals surface area contributed by atoms with Crippen LogP contribution in [0.5, 0.6) is 5.75 Å². The number of benzene rings is 2. The summed E-state index contributed by atoms with van der Waals surface area (Å²) in [5.41, 5.74) is 5.35. The molecule has 9 nitrogen and oxygen atoms in total. The largest absolute Gasteiger partial charge is 0.489 e. The minimum Gasteiger partial charge on any atom is -0.489 e. The molecule has 0 bridgehead atoms. The summed E-state index contributed by atoms with van der Waals surface area (Å²) in [6.07, 6.45) is -1.53. The maximum absolute atomic E-state index is 12.8. The van der Waals surface area contributed by atoms with Gasteiger partial charge in [-0.2, -0.15) is 18.3 Å². The third-order valence-electron chi connectivity index (χ3n) is 6.46. The van der Waals surface area contributed by atoms with E-state index in [2.05, 4.69) is 25.4 Å². The first kappa shape index (κ1) is 25.5. The Morgan fingerprint density at radius 1 is 1.10 bits per heavy atom. The van der Waals surface area contributed by atoms with Crippen molar-refractivity contribution in [2.75, 3.05) is 18.5 Å². The van der Waals surface area contributed by atoms with Crippen molar-refractivity contribution < 1.29 is 27.8 Å². The normalized spacial score (nSPS) is 15.6. The van der Waals surface area contributed by atoms with Crippen LogP contribution >= 0.6 is 11.3 Å². The maximum Gasteiger partial charge on any atom is 0.416 e. The second-order valence-electron chi connectivity index (χ2n) is 9.19. The van der Waals surface area contributed by atoms with Gasteiger partial charge in [0.15, 0.2) is 6.10 Å². The van der Waals surface area contributed by atoms with E-state index in [4.69, 9.17) is 9.47 Å². The van der Waals surface area contributed by atoms with Crippen molar-refractivity contribution in [3.05, 3.63) is 54.6 Å². The molecule has 0 spiro atoms. The fourth-order valence-electron chi connectivity index (χ4n) is 4.44. The highest BCUT2D eigenvalue weighted by molar-refractivity contribution is 7.16. The number of aromatic nitrogens is 5. The van der Waals surface area contributed by atoms with Gasteiger partial charge in [0.05, 0.1) is 52.6 Å². The van der Waals surface area contributed by atoms with E-state index in [1.165, 1.54) is 18.7 Å². The van der Waals surface area contributed by atoms with Gasteiger partial charge < -0.3 is 19.9 Å². The fraction of sp³-hybridized carbons (Fsp3) is 0.308. The average molecular weight is 557 g/mol. The monoisotopic (exact) mass is 556 g/mol. The van der Waals surface area contributed by atoms with Gasteiger partial charge in [0.25, 0.3) is 0 Å². The minimum atomic E-state index is -4.73. The van der Waals surface area contributed by atoms with E-state index in [-0.39, 0.29) is 6.10 Å². The van der Waals surface area contributed by atoms with Crippen LogP contribution < -0.4 is 10.1 Å². The number of nitrogens with zero attached hydrogens (tertiary/aromatic N) is 5. The maximum atomic E-state index is 12.8. The van der Waals surface area contributed by atoms with Gasteiger partial charge in [0.2, 0.25) is 0 Å². The smallest absolute Gasteiger partial charge is 0.416 e. The van der Waals surface area contributed by atoms with E-state index in [9.17, 15) is 18.3 Å². The number of aliphatic hydroxyl groups is 1. The Morgan fingerprint density at radius 2 is 1.95 bits per heavy atom. The molecule has 0 aliphatic carbocycles. The summed E-state index contributed by atoms with van der Waals surface area (Å²) >= 11 is 1.54. The van der Waals surface area contributed by atoms with E-state index in [0.717, 1.165) is 33.4 Å². The Balaban J connectivity index is 1.39. The molecule has 1 saturated heterocycles. The van der Waals surface area contributed by atoms with Gasteiger partial charge >= 0.3 is 6.18 Å². The molecule has 2 aromatic carbocycles. The molecule has 39 heavy (non-hydrogen) atoms. The number of hydrogen-bond acceptors (Lipinski definition) is 9. The van der Waals surface area contributed by atoms with Crippen molar-refractivity contribution in [3.63, 3.8) is 0 Å². The van der Waals surface area contributed by atoms with E-state index in [0.29, 0.717) is 46.8 Å². The molecular weight excluding hydrogens is 533 g/mol. The van der Waals surface area contributed by atoms with Crippen LogP contribution in [0.1, 0.15) is 12.8 Å². The lowest BCUT2D eigenvalue weighted by atomic mass is 10.1. The number of hydrogen-bond donors (Lipinski definition) is 2. The highest BCUT2D eigenvalue weighted by Crippen LogP contribution is 2.38. The number of nitrogens with one attached hydrogen (secondary N) is 1. The number of rotatable bonds is 7. The summed E-state index contributed by atoms with van der Waals surface area (Å²) in [6, 6.07) is 9.49. The van der Waals surface area contributed by atoms with E-state index in [1.807, 2.05) is 30.3 Å². The summed E-state index contributed by atoms with van der Waals surface area (Å²) < 4.78 is 52.5. The zero-order valence-corrected chi connectivity index (χ0v) is 21.2. The van der Waals surface area contributed by atoms with Crippen LogP contribution in [0.4, 0.5) is 24.7 Å². The van der Waals surface area contributed by atoms with Gasteiger partial charge in [-0.05, 0) is 35.9 Å². The van der Waals surface area contributed by atoms with Crippen molar-refractivity contribution in [2.45, 2.75) is 37.8 Å². The van der Waals surface area contributed by atoms with Crippen LogP contribution in [-0.4, -0.2) is 61.4 Å². The molecule has 1 aliphatic rings. The van der Waals surface area contributed by atoms with Gasteiger partial charge in [-0.1, -0.05) is 0 Å². The molecular formula is C26H23F3N6O3S. The first-order valence-electron chi connectivity index (χ1n) is 12.2.